The maximum atomic E-state index is 14.3. The van der Waals surface area contributed by atoms with Crippen molar-refractivity contribution >= 4 is 22.7 Å². The number of anilines is 1. The first-order valence-corrected chi connectivity index (χ1v) is 10.7. The van der Waals surface area contributed by atoms with Gasteiger partial charge in [0.05, 0.1) is 12.8 Å². The fraction of sp³-hybridized carbons (Fsp3) is 0.240. The van der Waals surface area contributed by atoms with Crippen molar-refractivity contribution in [2.75, 3.05) is 25.1 Å². The molecule has 1 atom stereocenters. The number of carbonyl (C=O) groups is 1. The van der Waals surface area contributed by atoms with Gasteiger partial charge in [-0.3, -0.25) is 0 Å². The molecule has 1 unspecified atom stereocenters. The van der Waals surface area contributed by atoms with E-state index in [1.165, 1.54) is 6.20 Å². The summed E-state index contributed by atoms with van der Waals surface area (Å²) in [5.74, 6) is 0.0776. The van der Waals surface area contributed by atoms with Crippen LogP contribution in [0.25, 0.3) is 22.3 Å². The van der Waals surface area contributed by atoms with Crippen LogP contribution in [0, 0.1) is 5.82 Å². The number of halogens is 1. The number of rotatable bonds is 9. The van der Waals surface area contributed by atoms with Crippen LogP contribution in [-0.2, 0) is 4.79 Å². The molecule has 0 amide bonds. The molecule has 0 spiro atoms. The van der Waals surface area contributed by atoms with Crippen LogP contribution in [0.5, 0.6) is 5.75 Å². The number of aromatic nitrogens is 3. The standard InChI is InChI=1S/C25H25FN4O3/c1-17(25(31)32)30-13-11-19-15-20(9-10-22(19)30)33-14-6-12-29(2)24-21(26)16-27-23(28-24)18-7-4-3-5-8-18/h3-5,7-11,13,15-17H,6,12,14H2,1-2H3,(H,31,32). The molecule has 0 radical (unpaired) electrons. The molecule has 0 bridgehead atoms. The molecule has 170 valence electrons. The highest BCUT2D eigenvalue weighted by Gasteiger charge is 2.15. The highest BCUT2D eigenvalue weighted by atomic mass is 19.1. The first-order valence-electron chi connectivity index (χ1n) is 10.7. The molecule has 4 aromatic rings. The van der Waals surface area contributed by atoms with Gasteiger partial charge in [-0.25, -0.2) is 19.2 Å². The summed E-state index contributed by atoms with van der Waals surface area (Å²) >= 11 is 0. The van der Waals surface area contributed by atoms with Crippen LogP contribution >= 0.6 is 0 Å². The Kier molecular flexibility index (Phi) is 6.53. The van der Waals surface area contributed by atoms with E-state index in [1.807, 2.05) is 54.6 Å². The molecule has 0 saturated heterocycles. The molecule has 0 aliphatic heterocycles. The third-order valence-corrected chi connectivity index (χ3v) is 5.49. The van der Waals surface area contributed by atoms with E-state index in [-0.39, 0.29) is 5.82 Å². The lowest BCUT2D eigenvalue weighted by molar-refractivity contribution is -0.140. The number of benzene rings is 2. The van der Waals surface area contributed by atoms with Crippen LogP contribution in [0.1, 0.15) is 19.4 Å². The molecule has 0 aliphatic rings. The SMILES string of the molecule is CC(C(=O)O)n1ccc2cc(OCCCN(C)c3nc(-c4ccccc4)ncc3F)ccc21. The Labute approximate surface area is 191 Å². The van der Waals surface area contributed by atoms with Crippen molar-refractivity contribution in [1.29, 1.82) is 0 Å². The van der Waals surface area contributed by atoms with Gasteiger partial charge in [-0.15, -0.1) is 0 Å². The monoisotopic (exact) mass is 448 g/mol. The van der Waals surface area contributed by atoms with E-state index in [4.69, 9.17) is 4.74 Å². The summed E-state index contributed by atoms with van der Waals surface area (Å²) in [4.78, 5) is 21.5. The van der Waals surface area contributed by atoms with Gasteiger partial charge in [0.25, 0.3) is 0 Å². The third-order valence-electron chi connectivity index (χ3n) is 5.49. The van der Waals surface area contributed by atoms with Crippen LogP contribution in [0.2, 0.25) is 0 Å². The number of nitrogens with zero attached hydrogens (tertiary/aromatic N) is 4. The maximum absolute atomic E-state index is 14.3. The Morgan fingerprint density at radius 2 is 2.00 bits per heavy atom. The number of ether oxygens (including phenoxy) is 1. The second-order valence-electron chi connectivity index (χ2n) is 7.81. The fourth-order valence-electron chi connectivity index (χ4n) is 3.64. The molecule has 2 aromatic carbocycles. The molecule has 0 saturated carbocycles. The number of fused-ring (bicyclic) bond motifs is 1. The van der Waals surface area contributed by atoms with Crippen molar-refractivity contribution in [3.8, 4) is 17.1 Å². The van der Waals surface area contributed by atoms with Crippen LogP contribution in [-0.4, -0.2) is 45.8 Å². The first kappa shape index (κ1) is 22.3. The zero-order valence-corrected chi connectivity index (χ0v) is 18.5. The summed E-state index contributed by atoms with van der Waals surface area (Å²) in [7, 11) is 1.79. The maximum Gasteiger partial charge on any atom is 0.326 e. The molecule has 33 heavy (non-hydrogen) atoms. The Balaban J connectivity index is 1.35. The van der Waals surface area contributed by atoms with Crippen LogP contribution in [0.4, 0.5) is 10.2 Å². The third kappa shape index (κ3) is 4.95. The number of hydrogen-bond donors (Lipinski definition) is 1. The highest BCUT2D eigenvalue weighted by Crippen LogP contribution is 2.25. The van der Waals surface area contributed by atoms with E-state index in [0.717, 1.165) is 16.5 Å². The van der Waals surface area contributed by atoms with Gasteiger partial charge in [-0.2, -0.15) is 0 Å². The summed E-state index contributed by atoms with van der Waals surface area (Å²) in [6.07, 6.45) is 3.63. The molecule has 4 rings (SSSR count). The van der Waals surface area contributed by atoms with Crippen molar-refractivity contribution in [1.82, 2.24) is 14.5 Å². The second kappa shape index (κ2) is 9.68. The van der Waals surface area contributed by atoms with E-state index in [9.17, 15) is 14.3 Å². The van der Waals surface area contributed by atoms with Gasteiger partial charge in [0, 0.05) is 36.3 Å². The van der Waals surface area contributed by atoms with E-state index in [1.54, 1.807) is 29.6 Å². The van der Waals surface area contributed by atoms with E-state index >= 15 is 0 Å². The highest BCUT2D eigenvalue weighted by molar-refractivity contribution is 5.84. The van der Waals surface area contributed by atoms with Crippen LogP contribution in [0.3, 0.4) is 0 Å². The normalized spacial score (nSPS) is 12.0. The Morgan fingerprint density at radius 1 is 1.21 bits per heavy atom. The number of carboxylic acids is 1. The Morgan fingerprint density at radius 3 is 2.76 bits per heavy atom. The van der Waals surface area contributed by atoms with Crippen molar-refractivity contribution in [2.24, 2.45) is 0 Å². The predicted molar refractivity (Wildman–Crippen MR) is 125 cm³/mol. The minimum atomic E-state index is -0.882. The van der Waals surface area contributed by atoms with Gasteiger partial charge in [-0.05, 0) is 37.6 Å². The number of aliphatic carboxylic acids is 1. The summed E-state index contributed by atoms with van der Waals surface area (Å²) in [6, 6.07) is 16.3. The quantitative estimate of drug-likeness (QED) is 0.371. The Hall–Kier alpha value is -3.94. The van der Waals surface area contributed by atoms with Gasteiger partial charge < -0.3 is 19.3 Å². The van der Waals surface area contributed by atoms with Gasteiger partial charge in [0.15, 0.2) is 17.5 Å². The summed E-state index contributed by atoms with van der Waals surface area (Å²) in [6.45, 7) is 2.64. The van der Waals surface area contributed by atoms with Crippen LogP contribution in [0.15, 0.2) is 67.0 Å². The smallest absolute Gasteiger partial charge is 0.326 e. The lowest BCUT2D eigenvalue weighted by Gasteiger charge is -2.19. The van der Waals surface area contributed by atoms with Crippen molar-refractivity contribution in [3.05, 3.63) is 72.8 Å². The summed E-state index contributed by atoms with van der Waals surface area (Å²) in [5.41, 5.74) is 1.67. The molecule has 8 heteroatoms. The second-order valence-corrected chi connectivity index (χ2v) is 7.81. The molecule has 0 fully saturated rings. The Bertz CT molecular complexity index is 1260. The zero-order valence-electron chi connectivity index (χ0n) is 18.5. The van der Waals surface area contributed by atoms with Gasteiger partial charge >= 0.3 is 5.97 Å². The van der Waals surface area contributed by atoms with Crippen molar-refractivity contribution in [2.45, 2.75) is 19.4 Å². The molecule has 2 heterocycles. The minimum Gasteiger partial charge on any atom is -0.494 e. The van der Waals surface area contributed by atoms with E-state index in [2.05, 4.69) is 9.97 Å². The molecule has 2 aromatic heterocycles. The molecule has 1 N–H and O–H groups in total. The fourth-order valence-corrected chi connectivity index (χ4v) is 3.64. The van der Waals surface area contributed by atoms with E-state index < -0.39 is 17.8 Å². The zero-order chi connectivity index (χ0) is 23.4. The predicted octanol–water partition coefficient (Wildman–Crippen LogP) is 4.79. The van der Waals surface area contributed by atoms with Gasteiger partial charge in [0.1, 0.15) is 11.8 Å². The average molecular weight is 448 g/mol. The van der Waals surface area contributed by atoms with Crippen LogP contribution < -0.4 is 9.64 Å². The molecular weight excluding hydrogens is 423 g/mol. The topological polar surface area (TPSA) is 80.5 Å². The molecule has 0 aliphatic carbocycles. The number of carboxylic acid groups (broad SMARTS) is 1. The average Bonchev–Trinajstić information content (AvgIpc) is 3.25. The van der Waals surface area contributed by atoms with Crippen molar-refractivity contribution in [3.63, 3.8) is 0 Å². The van der Waals surface area contributed by atoms with Gasteiger partial charge in [0.2, 0.25) is 0 Å². The summed E-state index contributed by atoms with van der Waals surface area (Å²) in [5, 5.41) is 10.2. The van der Waals surface area contributed by atoms with Crippen molar-refractivity contribution < 1.29 is 19.0 Å². The molecular formula is C25H25FN4O3. The minimum absolute atomic E-state index is 0.249. The lowest BCUT2D eigenvalue weighted by atomic mass is 10.2. The first-order chi connectivity index (χ1) is 15.9. The summed E-state index contributed by atoms with van der Waals surface area (Å²) < 4.78 is 21.9. The number of hydrogen-bond acceptors (Lipinski definition) is 5. The lowest BCUT2D eigenvalue weighted by Crippen LogP contribution is -2.23. The molecule has 7 nitrogen and oxygen atoms in total. The largest absolute Gasteiger partial charge is 0.494 e. The van der Waals surface area contributed by atoms with E-state index in [0.29, 0.717) is 31.1 Å². The van der Waals surface area contributed by atoms with Gasteiger partial charge in [-0.1, -0.05) is 30.3 Å².